The van der Waals surface area contributed by atoms with E-state index in [9.17, 15) is 4.79 Å². The second kappa shape index (κ2) is 5.77. The molecule has 0 radical (unpaired) electrons. The number of aromatic nitrogens is 2. The van der Waals surface area contributed by atoms with Crippen LogP contribution in [-0.2, 0) is 9.53 Å². The van der Waals surface area contributed by atoms with Gasteiger partial charge in [-0.3, -0.25) is 4.79 Å². The van der Waals surface area contributed by atoms with E-state index >= 15 is 0 Å². The number of carbonyl (C=O) groups excluding carboxylic acids is 1. The Balaban J connectivity index is 1.94. The number of aryl methyl sites for hydroxylation is 1. The number of rotatable bonds is 3. The van der Waals surface area contributed by atoms with Crippen LogP contribution < -0.4 is 5.32 Å². The average Bonchev–Trinajstić information content (AvgIpc) is 2.39. The topological polar surface area (TPSA) is 67.4 Å². The van der Waals surface area contributed by atoms with Crippen LogP contribution in [0.4, 0.5) is 5.95 Å². The van der Waals surface area contributed by atoms with Crippen molar-refractivity contribution in [3.63, 3.8) is 0 Å². The minimum Gasteiger partial charge on any atom is -0.378 e. The number of amides is 1. The molecule has 0 aromatic carbocycles. The smallest absolute Gasteiger partial charge is 0.245 e. The van der Waals surface area contributed by atoms with Gasteiger partial charge in [-0.05, 0) is 19.9 Å². The number of hydrogen-bond acceptors (Lipinski definition) is 5. The van der Waals surface area contributed by atoms with Gasteiger partial charge in [0.1, 0.15) is 6.04 Å². The van der Waals surface area contributed by atoms with Gasteiger partial charge in [-0.2, -0.15) is 0 Å². The van der Waals surface area contributed by atoms with Crippen LogP contribution in [-0.4, -0.2) is 53.1 Å². The molecule has 1 saturated heterocycles. The first-order chi connectivity index (χ1) is 8.66. The molecule has 1 N–H and O–H groups in total. The fourth-order valence-corrected chi connectivity index (χ4v) is 1.83. The highest BCUT2D eigenvalue weighted by atomic mass is 16.5. The lowest BCUT2D eigenvalue weighted by molar-refractivity contribution is -0.135. The van der Waals surface area contributed by atoms with Crippen molar-refractivity contribution in [2.75, 3.05) is 31.6 Å². The highest BCUT2D eigenvalue weighted by Gasteiger charge is 2.22. The minimum atomic E-state index is -0.329. The summed E-state index contributed by atoms with van der Waals surface area (Å²) >= 11 is 0. The second-order valence-corrected chi connectivity index (χ2v) is 4.33. The normalized spacial score (nSPS) is 17.3. The van der Waals surface area contributed by atoms with Gasteiger partial charge >= 0.3 is 0 Å². The molecule has 2 rings (SSSR count). The van der Waals surface area contributed by atoms with Gasteiger partial charge < -0.3 is 15.0 Å². The number of morpholine rings is 1. The summed E-state index contributed by atoms with van der Waals surface area (Å²) in [6.07, 6.45) is 1.68. The van der Waals surface area contributed by atoms with Crippen LogP contribution in [0.25, 0.3) is 0 Å². The SMILES string of the molecule is Cc1ccnc(NC(C)C(=O)N2CCOCC2)n1. The standard InChI is InChI=1S/C12H18N4O2/c1-9-3-4-13-12(14-9)15-10(2)11(17)16-5-7-18-8-6-16/h3-4,10H,5-8H2,1-2H3,(H,13,14,15). The Morgan fingerprint density at radius 1 is 1.50 bits per heavy atom. The van der Waals surface area contributed by atoms with Crippen LogP contribution in [0.3, 0.4) is 0 Å². The van der Waals surface area contributed by atoms with Crippen molar-refractivity contribution in [2.45, 2.75) is 19.9 Å². The number of carbonyl (C=O) groups is 1. The van der Waals surface area contributed by atoms with E-state index in [2.05, 4.69) is 15.3 Å². The van der Waals surface area contributed by atoms with Crippen molar-refractivity contribution < 1.29 is 9.53 Å². The van der Waals surface area contributed by atoms with Crippen LogP contribution in [0.5, 0.6) is 0 Å². The summed E-state index contributed by atoms with van der Waals surface area (Å²) in [6, 6.07) is 1.49. The number of hydrogen-bond donors (Lipinski definition) is 1. The van der Waals surface area contributed by atoms with Crippen molar-refractivity contribution >= 4 is 11.9 Å². The molecule has 18 heavy (non-hydrogen) atoms. The Labute approximate surface area is 106 Å². The zero-order valence-electron chi connectivity index (χ0n) is 10.7. The van der Waals surface area contributed by atoms with E-state index < -0.39 is 0 Å². The maximum Gasteiger partial charge on any atom is 0.245 e. The molecule has 0 saturated carbocycles. The molecule has 1 amide bonds. The van der Waals surface area contributed by atoms with E-state index in [-0.39, 0.29) is 11.9 Å². The summed E-state index contributed by atoms with van der Waals surface area (Å²) in [5.41, 5.74) is 0.874. The molecule has 2 heterocycles. The molecule has 1 fully saturated rings. The zero-order valence-corrected chi connectivity index (χ0v) is 10.7. The van der Waals surface area contributed by atoms with Gasteiger partial charge in [0, 0.05) is 25.0 Å². The van der Waals surface area contributed by atoms with Crippen LogP contribution in [0.2, 0.25) is 0 Å². The van der Waals surface area contributed by atoms with E-state index in [4.69, 9.17) is 4.74 Å². The molecule has 1 aliphatic rings. The third-order valence-electron chi connectivity index (χ3n) is 2.83. The number of ether oxygens (including phenoxy) is 1. The third kappa shape index (κ3) is 3.16. The molecule has 1 aliphatic heterocycles. The van der Waals surface area contributed by atoms with Crippen molar-refractivity contribution in [1.82, 2.24) is 14.9 Å². The van der Waals surface area contributed by atoms with Gasteiger partial charge in [-0.25, -0.2) is 9.97 Å². The summed E-state index contributed by atoms with van der Waals surface area (Å²) in [5.74, 6) is 0.549. The molecule has 1 atom stereocenters. The predicted octanol–water partition coefficient (Wildman–Crippen LogP) is 0.444. The number of nitrogens with one attached hydrogen (secondary N) is 1. The number of nitrogens with zero attached hydrogens (tertiary/aromatic N) is 3. The van der Waals surface area contributed by atoms with E-state index in [1.54, 1.807) is 11.1 Å². The summed E-state index contributed by atoms with van der Waals surface area (Å²) in [4.78, 5) is 22.3. The van der Waals surface area contributed by atoms with Gasteiger partial charge in [0.2, 0.25) is 11.9 Å². The molecule has 0 spiro atoms. The van der Waals surface area contributed by atoms with E-state index in [1.807, 2.05) is 19.9 Å². The lowest BCUT2D eigenvalue weighted by Gasteiger charge is -2.29. The molecule has 0 aliphatic carbocycles. The molecule has 1 aromatic rings. The van der Waals surface area contributed by atoms with Crippen molar-refractivity contribution in [3.05, 3.63) is 18.0 Å². The maximum absolute atomic E-state index is 12.1. The zero-order chi connectivity index (χ0) is 13.0. The first kappa shape index (κ1) is 12.8. The third-order valence-corrected chi connectivity index (χ3v) is 2.83. The summed E-state index contributed by atoms with van der Waals surface area (Å²) in [5, 5.41) is 3.03. The molecular weight excluding hydrogens is 232 g/mol. The first-order valence-corrected chi connectivity index (χ1v) is 6.09. The lowest BCUT2D eigenvalue weighted by Crippen LogP contribution is -2.47. The van der Waals surface area contributed by atoms with Crippen LogP contribution in [0.15, 0.2) is 12.3 Å². The van der Waals surface area contributed by atoms with Crippen LogP contribution in [0, 0.1) is 6.92 Å². The Morgan fingerprint density at radius 2 is 2.22 bits per heavy atom. The molecule has 0 bridgehead atoms. The van der Waals surface area contributed by atoms with E-state index in [0.29, 0.717) is 32.3 Å². The largest absolute Gasteiger partial charge is 0.378 e. The van der Waals surface area contributed by atoms with Gasteiger partial charge in [0.05, 0.1) is 13.2 Å². The Hall–Kier alpha value is -1.69. The maximum atomic E-state index is 12.1. The minimum absolute atomic E-state index is 0.0587. The Morgan fingerprint density at radius 3 is 2.89 bits per heavy atom. The quantitative estimate of drug-likeness (QED) is 0.843. The monoisotopic (exact) mass is 250 g/mol. The van der Waals surface area contributed by atoms with Gasteiger partial charge in [0.15, 0.2) is 0 Å². The fourth-order valence-electron chi connectivity index (χ4n) is 1.83. The average molecular weight is 250 g/mol. The van der Waals surface area contributed by atoms with Crippen molar-refractivity contribution in [1.29, 1.82) is 0 Å². The number of anilines is 1. The van der Waals surface area contributed by atoms with E-state index in [1.165, 1.54) is 0 Å². The summed E-state index contributed by atoms with van der Waals surface area (Å²) in [7, 11) is 0. The molecule has 6 nitrogen and oxygen atoms in total. The predicted molar refractivity (Wildman–Crippen MR) is 67.3 cm³/mol. The van der Waals surface area contributed by atoms with Crippen LogP contribution >= 0.6 is 0 Å². The highest BCUT2D eigenvalue weighted by Crippen LogP contribution is 2.05. The highest BCUT2D eigenvalue weighted by molar-refractivity contribution is 5.83. The molecule has 1 unspecified atom stereocenters. The summed E-state index contributed by atoms with van der Waals surface area (Å²) in [6.45, 7) is 6.24. The second-order valence-electron chi connectivity index (χ2n) is 4.33. The van der Waals surface area contributed by atoms with Gasteiger partial charge in [-0.1, -0.05) is 0 Å². The van der Waals surface area contributed by atoms with Crippen LogP contribution in [0.1, 0.15) is 12.6 Å². The lowest BCUT2D eigenvalue weighted by atomic mass is 10.2. The molecule has 6 heteroatoms. The first-order valence-electron chi connectivity index (χ1n) is 6.09. The molecule has 1 aromatic heterocycles. The summed E-state index contributed by atoms with van der Waals surface area (Å²) < 4.78 is 5.22. The Kier molecular flexibility index (Phi) is 4.09. The fraction of sp³-hybridized carbons (Fsp3) is 0.583. The molecular formula is C12H18N4O2. The van der Waals surface area contributed by atoms with Crippen molar-refractivity contribution in [2.24, 2.45) is 0 Å². The molecule has 98 valence electrons. The van der Waals surface area contributed by atoms with Crippen molar-refractivity contribution in [3.8, 4) is 0 Å². The van der Waals surface area contributed by atoms with Gasteiger partial charge in [-0.15, -0.1) is 0 Å². The Bertz CT molecular complexity index is 418. The van der Waals surface area contributed by atoms with Gasteiger partial charge in [0.25, 0.3) is 0 Å². The van der Waals surface area contributed by atoms with E-state index in [0.717, 1.165) is 5.69 Å².